The van der Waals surface area contributed by atoms with Crippen molar-refractivity contribution in [2.24, 2.45) is 0 Å². The fourth-order valence-electron chi connectivity index (χ4n) is 1.05. The number of methoxy groups -OCH3 is 1. The van der Waals surface area contributed by atoms with E-state index in [0.717, 1.165) is 10.2 Å². The van der Waals surface area contributed by atoms with Gasteiger partial charge in [-0.15, -0.1) is 0 Å². The van der Waals surface area contributed by atoms with Crippen LogP contribution in [0.1, 0.15) is 19.4 Å². The van der Waals surface area contributed by atoms with Gasteiger partial charge >= 0.3 is 0 Å². The molecule has 0 bridgehead atoms. The van der Waals surface area contributed by atoms with Gasteiger partial charge in [-0.1, -0.05) is 26.0 Å². The van der Waals surface area contributed by atoms with E-state index in [1.54, 1.807) is 7.11 Å². The van der Waals surface area contributed by atoms with Crippen LogP contribution in [-0.4, -0.2) is 7.11 Å². The zero-order valence-electron chi connectivity index (χ0n) is 7.52. The lowest BCUT2D eigenvalue weighted by molar-refractivity contribution is 0.411. The van der Waals surface area contributed by atoms with Crippen LogP contribution in [0.3, 0.4) is 0 Å². The Kier molecular flexibility index (Phi) is 3.15. The third kappa shape index (κ3) is 1.81. The molecule has 1 rings (SSSR count). The average Bonchev–Trinajstić information content (AvgIpc) is 2.04. The van der Waals surface area contributed by atoms with Crippen LogP contribution in [0.5, 0.6) is 5.75 Å². The molecule has 0 atom stereocenters. The molecule has 0 aliphatic carbocycles. The molecule has 12 heavy (non-hydrogen) atoms. The molecule has 0 saturated heterocycles. The summed E-state index contributed by atoms with van der Waals surface area (Å²) in [5, 5.41) is 0. The van der Waals surface area contributed by atoms with Crippen LogP contribution in [0, 0.1) is 5.92 Å². The van der Waals surface area contributed by atoms with E-state index < -0.39 is 0 Å². The SMILES string of the molecule is COc1cccc([C](C)C)c1Br. The van der Waals surface area contributed by atoms with Gasteiger partial charge in [-0.2, -0.15) is 0 Å². The number of benzene rings is 1. The molecule has 0 unspecified atom stereocenters. The molecule has 65 valence electrons. The summed E-state index contributed by atoms with van der Waals surface area (Å²) < 4.78 is 6.21. The summed E-state index contributed by atoms with van der Waals surface area (Å²) in [5.41, 5.74) is 1.20. The minimum Gasteiger partial charge on any atom is -0.496 e. The molecule has 0 saturated carbocycles. The van der Waals surface area contributed by atoms with Crippen molar-refractivity contribution in [3.63, 3.8) is 0 Å². The van der Waals surface area contributed by atoms with E-state index in [9.17, 15) is 0 Å². The Morgan fingerprint density at radius 3 is 2.50 bits per heavy atom. The van der Waals surface area contributed by atoms with Crippen molar-refractivity contribution in [2.45, 2.75) is 13.8 Å². The molecule has 0 heterocycles. The number of hydrogen-bond donors (Lipinski definition) is 0. The largest absolute Gasteiger partial charge is 0.496 e. The number of halogens is 1. The third-order valence-electron chi connectivity index (χ3n) is 1.72. The van der Waals surface area contributed by atoms with Gasteiger partial charge in [0, 0.05) is 5.92 Å². The predicted molar refractivity (Wildman–Crippen MR) is 54.4 cm³/mol. The molecule has 1 radical (unpaired) electrons. The molecule has 0 aliphatic heterocycles. The second-order valence-electron chi connectivity index (χ2n) is 2.82. The van der Waals surface area contributed by atoms with Gasteiger partial charge < -0.3 is 4.74 Å². The molecular formula is C10H12BrO. The summed E-state index contributed by atoms with van der Waals surface area (Å²) in [5.74, 6) is 2.16. The summed E-state index contributed by atoms with van der Waals surface area (Å²) in [6, 6.07) is 6.00. The summed E-state index contributed by atoms with van der Waals surface area (Å²) in [4.78, 5) is 0. The van der Waals surface area contributed by atoms with Gasteiger partial charge in [0.15, 0.2) is 0 Å². The standard InChI is InChI=1S/C10H12BrO/c1-7(2)8-5-4-6-9(12-3)10(8)11/h4-6H,1-3H3. The topological polar surface area (TPSA) is 9.23 Å². The van der Waals surface area contributed by atoms with Crippen molar-refractivity contribution in [1.82, 2.24) is 0 Å². The third-order valence-corrected chi connectivity index (χ3v) is 2.54. The Morgan fingerprint density at radius 1 is 1.33 bits per heavy atom. The molecule has 1 aromatic rings. The molecule has 2 heteroatoms. The molecular weight excluding hydrogens is 216 g/mol. The smallest absolute Gasteiger partial charge is 0.133 e. The van der Waals surface area contributed by atoms with Crippen LogP contribution in [0.2, 0.25) is 0 Å². The number of ether oxygens (including phenoxy) is 1. The quantitative estimate of drug-likeness (QED) is 0.753. The van der Waals surface area contributed by atoms with Gasteiger partial charge in [-0.05, 0) is 27.6 Å². The molecule has 0 aromatic heterocycles. The lowest BCUT2D eigenvalue weighted by atomic mass is 10.0. The van der Waals surface area contributed by atoms with Crippen molar-refractivity contribution in [3.8, 4) is 5.75 Å². The second-order valence-corrected chi connectivity index (χ2v) is 3.61. The van der Waals surface area contributed by atoms with Crippen molar-refractivity contribution < 1.29 is 4.74 Å². The summed E-state index contributed by atoms with van der Waals surface area (Å²) in [6.07, 6.45) is 0. The van der Waals surface area contributed by atoms with Crippen molar-refractivity contribution in [3.05, 3.63) is 34.2 Å². The number of rotatable bonds is 2. The zero-order valence-corrected chi connectivity index (χ0v) is 9.10. The highest BCUT2D eigenvalue weighted by Gasteiger charge is 2.08. The van der Waals surface area contributed by atoms with Crippen molar-refractivity contribution in [1.29, 1.82) is 0 Å². The Bertz CT molecular complexity index is 269. The van der Waals surface area contributed by atoms with Gasteiger partial charge in [-0.3, -0.25) is 0 Å². The zero-order chi connectivity index (χ0) is 9.14. The molecule has 0 fully saturated rings. The maximum absolute atomic E-state index is 5.18. The van der Waals surface area contributed by atoms with Gasteiger partial charge in [0.05, 0.1) is 11.6 Å². The Labute approximate surface area is 81.9 Å². The molecule has 1 aromatic carbocycles. The molecule has 1 nitrogen and oxygen atoms in total. The first-order valence-corrected chi connectivity index (χ1v) is 4.59. The molecule has 0 N–H and O–H groups in total. The lowest BCUT2D eigenvalue weighted by Crippen LogP contribution is -1.92. The minimum absolute atomic E-state index is 0.883. The maximum Gasteiger partial charge on any atom is 0.133 e. The van der Waals surface area contributed by atoms with E-state index in [0.29, 0.717) is 0 Å². The Hall–Kier alpha value is -0.500. The first-order chi connectivity index (χ1) is 5.66. The van der Waals surface area contributed by atoms with Crippen LogP contribution in [-0.2, 0) is 0 Å². The van der Waals surface area contributed by atoms with E-state index >= 15 is 0 Å². The monoisotopic (exact) mass is 227 g/mol. The van der Waals surface area contributed by atoms with Gasteiger partial charge in [0.25, 0.3) is 0 Å². The highest BCUT2D eigenvalue weighted by molar-refractivity contribution is 9.10. The molecule has 0 aliphatic rings. The Balaban J connectivity index is 3.14. The van der Waals surface area contributed by atoms with E-state index in [-0.39, 0.29) is 0 Å². The van der Waals surface area contributed by atoms with E-state index in [2.05, 4.69) is 35.8 Å². The first-order valence-electron chi connectivity index (χ1n) is 3.80. The van der Waals surface area contributed by atoms with Gasteiger partial charge in [-0.25, -0.2) is 0 Å². The number of hydrogen-bond acceptors (Lipinski definition) is 1. The van der Waals surface area contributed by atoms with Crippen LogP contribution in [0.4, 0.5) is 0 Å². The van der Waals surface area contributed by atoms with Crippen LogP contribution < -0.4 is 4.74 Å². The van der Waals surface area contributed by atoms with E-state index in [4.69, 9.17) is 4.74 Å². The maximum atomic E-state index is 5.18. The van der Waals surface area contributed by atoms with E-state index in [1.807, 2.05) is 12.1 Å². The van der Waals surface area contributed by atoms with Crippen molar-refractivity contribution >= 4 is 15.9 Å². The van der Waals surface area contributed by atoms with Crippen molar-refractivity contribution in [2.75, 3.05) is 7.11 Å². The fourth-order valence-corrected chi connectivity index (χ4v) is 1.88. The lowest BCUT2D eigenvalue weighted by Gasteiger charge is -2.10. The van der Waals surface area contributed by atoms with Gasteiger partial charge in [0.2, 0.25) is 0 Å². The second kappa shape index (κ2) is 3.94. The van der Waals surface area contributed by atoms with E-state index in [1.165, 1.54) is 11.5 Å². The molecule has 0 spiro atoms. The highest BCUT2D eigenvalue weighted by atomic mass is 79.9. The summed E-state index contributed by atoms with van der Waals surface area (Å²) in [7, 11) is 1.68. The highest BCUT2D eigenvalue weighted by Crippen LogP contribution is 2.32. The fraction of sp³-hybridized carbons (Fsp3) is 0.300. The predicted octanol–water partition coefficient (Wildman–Crippen LogP) is 3.42. The van der Waals surface area contributed by atoms with Crippen LogP contribution in [0.25, 0.3) is 0 Å². The Morgan fingerprint density at radius 2 is 2.00 bits per heavy atom. The average molecular weight is 228 g/mol. The first kappa shape index (κ1) is 9.59. The summed E-state index contributed by atoms with van der Waals surface area (Å²) >= 11 is 3.50. The normalized spacial score (nSPS) is 10.4. The van der Waals surface area contributed by atoms with Gasteiger partial charge in [0.1, 0.15) is 5.75 Å². The van der Waals surface area contributed by atoms with Crippen LogP contribution >= 0.6 is 15.9 Å². The van der Waals surface area contributed by atoms with Crippen LogP contribution in [0.15, 0.2) is 22.7 Å². The molecule has 0 amide bonds. The summed E-state index contributed by atoms with van der Waals surface area (Å²) in [6.45, 7) is 4.17. The minimum atomic E-state index is 0.883.